The van der Waals surface area contributed by atoms with Gasteiger partial charge in [0, 0.05) is 12.3 Å². The first-order valence-electron chi connectivity index (χ1n) is 7.82. The smallest absolute Gasteiger partial charge is 0.132 e. The Bertz CT molecular complexity index is 349. The average Bonchev–Trinajstić information content (AvgIpc) is 2.55. The SMILES string of the molecule is CCCCSCCNC(=N)CSC1OC(CO)[C@H](O)C(O)C1O. The van der Waals surface area contributed by atoms with E-state index in [1.54, 1.807) is 0 Å². The molecule has 1 aliphatic rings. The summed E-state index contributed by atoms with van der Waals surface area (Å²) in [5.74, 6) is 2.68. The lowest BCUT2D eigenvalue weighted by Gasteiger charge is -2.39. The van der Waals surface area contributed by atoms with Gasteiger partial charge in [0.2, 0.25) is 0 Å². The van der Waals surface area contributed by atoms with Crippen LogP contribution in [0.25, 0.3) is 0 Å². The maximum Gasteiger partial charge on any atom is 0.132 e. The van der Waals surface area contributed by atoms with Crippen molar-refractivity contribution in [1.29, 1.82) is 5.41 Å². The molecule has 5 atom stereocenters. The molecule has 0 amide bonds. The summed E-state index contributed by atoms with van der Waals surface area (Å²) >= 11 is 3.01. The third-order valence-electron chi connectivity index (χ3n) is 3.47. The van der Waals surface area contributed by atoms with Crippen LogP contribution < -0.4 is 5.32 Å². The molecule has 1 heterocycles. The lowest BCUT2D eigenvalue weighted by Crippen LogP contribution is -2.57. The number of thioether (sulfide) groups is 2. The molecule has 0 aliphatic carbocycles. The van der Waals surface area contributed by atoms with Crippen LogP contribution in [-0.4, -0.2) is 86.5 Å². The fraction of sp³-hybridized carbons (Fsp3) is 0.929. The van der Waals surface area contributed by atoms with E-state index < -0.39 is 36.5 Å². The largest absolute Gasteiger partial charge is 0.394 e. The van der Waals surface area contributed by atoms with E-state index in [2.05, 4.69) is 12.2 Å². The Labute approximate surface area is 145 Å². The number of aliphatic hydroxyl groups excluding tert-OH is 4. The van der Waals surface area contributed by atoms with Gasteiger partial charge in [0.25, 0.3) is 0 Å². The second-order valence-electron chi connectivity index (χ2n) is 5.38. The van der Waals surface area contributed by atoms with Crippen molar-refractivity contribution in [1.82, 2.24) is 5.32 Å². The van der Waals surface area contributed by atoms with Crippen molar-refractivity contribution in [2.45, 2.75) is 49.6 Å². The van der Waals surface area contributed by atoms with Crippen LogP contribution in [0.15, 0.2) is 0 Å². The number of unbranched alkanes of at least 4 members (excludes halogenated alkanes) is 1. The van der Waals surface area contributed by atoms with Crippen molar-refractivity contribution < 1.29 is 25.2 Å². The van der Waals surface area contributed by atoms with Gasteiger partial charge in [-0.25, -0.2) is 0 Å². The number of hydrogen-bond donors (Lipinski definition) is 6. The van der Waals surface area contributed by atoms with Crippen LogP contribution in [-0.2, 0) is 4.74 Å². The molecule has 1 saturated heterocycles. The zero-order valence-corrected chi connectivity index (χ0v) is 15.0. The molecular formula is C14H28N2O5S2. The topological polar surface area (TPSA) is 126 Å². The van der Waals surface area contributed by atoms with Crippen LogP contribution >= 0.6 is 23.5 Å². The molecule has 0 saturated carbocycles. The first kappa shape index (κ1) is 21.0. The molecule has 6 N–H and O–H groups in total. The van der Waals surface area contributed by atoms with Crippen molar-refractivity contribution >= 4 is 29.4 Å². The Hall–Kier alpha value is -0.0300. The summed E-state index contributed by atoms with van der Waals surface area (Å²) in [5.41, 5.74) is -0.786. The summed E-state index contributed by atoms with van der Waals surface area (Å²) in [7, 11) is 0. The van der Waals surface area contributed by atoms with E-state index in [0.29, 0.717) is 18.1 Å². The van der Waals surface area contributed by atoms with Gasteiger partial charge in [0.1, 0.15) is 35.7 Å². The van der Waals surface area contributed by atoms with Gasteiger partial charge >= 0.3 is 0 Å². The van der Waals surface area contributed by atoms with E-state index in [4.69, 9.17) is 15.3 Å². The quantitative estimate of drug-likeness (QED) is 0.175. The van der Waals surface area contributed by atoms with Gasteiger partial charge in [-0.1, -0.05) is 13.3 Å². The van der Waals surface area contributed by atoms with Crippen LogP contribution in [0.1, 0.15) is 19.8 Å². The van der Waals surface area contributed by atoms with Crippen molar-refractivity contribution in [3.05, 3.63) is 0 Å². The summed E-state index contributed by atoms with van der Waals surface area (Å²) in [6.07, 6.45) is -2.47. The number of rotatable bonds is 10. The van der Waals surface area contributed by atoms with Crippen molar-refractivity contribution in [3.8, 4) is 0 Å². The molecule has 0 aromatic carbocycles. The molecule has 7 nitrogen and oxygen atoms in total. The Morgan fingerprint density at radius 2 is 1.91 bits per heavy atom. The van der Waals surface area contributed by atoms with E-state index in [-0.39, 0.29) is 0 Å². The number of hydrogen-bond acceptors (Lipinski definition) is 8. The highest BCUT2D eigenvalue weighted by atomic mass is 32.2. The highest BCUT2D eigenvalue weighted by Crippen LogP contribution is 2.28. The van der Waals surface area contributed by atoms with Crippen LogP contribution in [0.3, 0.4) is 0 Å². The minimum Gasteiger partial charge on any atom is -0.394 e. The summed E-state index contributed by atoms with van der Waals surface area (Å²) in [6.45, 7) is 2.43. The molecule has 9 heteroatoms. The van der Waals surface area contributed by atoms with E-state index in [1.807, 2.05) is 11.8 Å². The molecule has 0 aromatic heterocycles. The van der Waals surface area contributed by atoms with Gasteiger partial charge in [-0.05, 0) is 12.2 Å². The number of aliphatic hydroxyl groups is 4. The third kappa shape index (κ3) is 7.16. The van der Waals surface area contributed by atoms with E-state index >= 15 is 0 Å². The van der Waals surface area contributed by atoms with E-state index in [0.717, 1.165) is 23.3 Å². The number of amidine groups is 1. The van der Waals surface area contributed by atoms with E-state index in [9.17, 15) is 15.3 Å². The maximum absolute atomic E-state index is 9.90. The van der Waals surface area contributed by atoms with Crippen LogP contribution in [0, 0.1) is 5.41 Å². The average molecular weight is 369 g/mol. The molecule has 23 heavy (non-hydrogen) atoms. The highest BCUT2D eigenvalue weighted by molar-refractivity contribution is 8.00. The molecule has 136 valence electrons. The Balaban J connectivity index is 2.24. The lowest BCUT2D eigenvalue weighted by molar-refractivity contribution is -0.205. The van der Waals surface area contributed by atoms with Crippen LogP contribution in [0.4, 0.5) is 0 Å². The molecule has 0 spiro atoms. The second-order valence-corrected chi connectivity index (χ2v) is 7.69. The molecule has 1 aliphatic heterocycles. The molecule has 0 radical (unpaired) electrons. The van der Waals surface area contributed by atoms with Crippen LogP contribution in [0.5, 0.6) is 0 Å². The third-order valence-corrected chi connectivity index (χ3v) is 5.71. The first-order chi connectivity index (χ1) is 11.0. The summed E-state index contributed by atoms with van der Waals surface area (Å²) in [6, 6.07) is 0. The minimum absolute atomic E-state index is 0.294. The molecule has 0 aromatic rings. The van der Waals surface area contributed by atoms with Gasteiger partial charge in [0.05, 0.1) is 12.4 Å². The molecular weight excluding hydrogens is 340 g/mol. The number of ether oxygens (including phenoxy) is 1. The molecule has 0 bridgehead atoms. The highest BCUT2D eigenvalue weighted by Gasteiger charge is 2.43. The Morgan fingerprint density at radius 1 is 1.17 bits per heavy atom. The van der Waals surface area contributed by atoms with Gasteiger partial charge in [0.15, 0.2) is 0 Å². The summed E-state index contributed by atoms with van der Waals surface area (Å²) < 4.78 is 5.38. The molecule has 4 unspecified atom stereocenters. The monoisotopic (exact) mass is 368 g/mol. The Kier molecular flexibility index (Phi) is 10.5. The zero-order valence-electron chi connectivity index (χ0n) is 13.4. The minimum atomic E-state index is -1.37. The van der Waals surface area contributed by atoms with Crippen molar-refractivity contribution in [3.63, 3.8) is 0 Å². The maximum atomic E-state index is 9.90. The van der Waals surface area contributed by atoms with Crippen molar-refractivity contribution in [2.24, 2.45) is 0 Å². The predicted molar refractivity (Wildman–Crippen MR) is 94.2 cm³/mol. The first-order valence-corrected chi connectivity index (χ1v) is 10.0. The van der Waals surface area contributed by atoms with Gasteiger partial charge in [-0.2, -0.15) is 11.8 Å². The zero-order chi connectivity index (χ0) is 17.2. The van der Waals surface area contributed by atoms with Gasteiger partial charge < -0.3 is 30.5 Å². The van der Waals surface area contributed by atoms with E-state index in [1.165, 1.54) is 12.8 Å². The Morgan fingerprint density at radius 3 is 2.57 bits per heavy atom. The van der Waals surface area contributed by atoms with Gasteiger partial charge in [-0.15, -0.1) is 11.8 Å². The fourth-order valence-corrected chi connectivity index (χ4v) is 4.00. The van der Waals surface area contributed by atoms with Crippen molar-refractivity contribution in [2.75, 3.05) is 30.4 Å². The second kappa shape index (κ2) is 11.5. The summed E-state index contributed by atoms with van der Waals surface area (Å²) in [5, 5.41) is 49.3. The predicted octanol–water partition coefficient (Wildman–Crippen LogP) is -0.380. The normalized spacial score (nSPS) is 31.1. The number of nitrogens with one attached hydrogen (secondary N) is 2. The molecule has 1 rings (SSSR count). The lowest BCUT2D eigenvalue weighted by atomic mass is 10.0. The van der Waals surface area contributed by atoms with Crippen LogP contribution in [0.2, 0.25) is 0 Å². The fourth-order valence-electron chi connectivity index (χ4n) is 2.04. The standard InChI is InChI=1S/C14H28N2O5S2/c1-2-3-5-22-6-4-16-10(15)8-23-14-13(20)12(19)11(18)9(7-17)21-14/h9,11-14,17-20H,2-8H2,1H3,(H2,15,16)/t9?,11-,12?,13?,14?/m0/s1. The summed E-state index contributed by atoms with van der Waals surface area (Å²) in [4.78, 5) is 0. The van der Waals surface area contributed by atoms with Gasteiger partial charge in [-0.3, -0.25) is 5.41 Å². The molecule has 1 fully saturated rings.